The van der Waals surface area contributed by atoms with E-state index in [0.717, 1.165) is 51.4 Å². The molecule has 1 heterocycles. The summed E-state index contributed by atoms with van der Waals surface area (Å²) in [4.78, 5) is 12.3. The number of rotatable bonds is 7. The first-order chi connectivity index (χ1) is 12.5. The Bertz CT molecular complexity index is 363. The predicted octanol–water partition coefficient (Wildman–Crippen LogP) is 5.65. The van der Waals surface area contributed by atoms with Crippen LogP contribution in [-0.2, 0) is 14.3 Å². The highest BCUT2D eigenvalue weighted by Crippen LogP contribution is 2.37. The lowest BCUT2D eigenvalue weighted by Gasteiger charge is -2.29. The van der Waals surface area contributed by atoms with E-state index < -0.39 is 6.10 Å². The second-order valence-corrected chi connectivity index (χ2v) is 7.00. The van der Waals surface area contributed by atoms with Crippen LogP contribution in [0.3, 0.4) is 0 Å². The molecule has 4 unspecified atom stereocenters. The van der Waals surface area contributed by atoms with Crippen molar-refractivity contribution in [2.24, 2.45) is 5.92 Å². The number of carbonyl (C=O) groups excluding carboxylic acids is 1. The fourth-order valence-corrected chi connectivity index (χ4v) is 4.08. The molecule has 0 spiro atoms. The van der Waals surface area contributed by atoms with Gasteiger partial charge in [0.05, 0.1) is 24.7 Å². The summed E-state index contributed by atoms with van der Waals surface area (Å²) in [5, 5.41) is 10.5. The molecule has 4 heteroatoms. The predicted molar refractivity (Wildman–Crippen MR) is 108 cm³/mol. The van der Waals surface area contributed by atoms with Crippen LogP contribution in [0.25, 0.3) is 0 Å². The van der Waals surface area contributed by atoms with Crippen LogP contribution in [0.5, 0.6) is 0 Å². The Morgan fingerprint density at radius 2 is 1.69 bits per heavy atom. The van der Waals surface area contributed by atoms with Crippen molar-refractivity contribution in [1.29, 1.82) is 0 Å². The minimum atomic E-state index is -0.649. The molecule has 2 rings (SSSR count). The van der Waals surface area contributed by atoms with Crippen molar-refractivity contribution in [3.8, 4) is 0 Å². The summed E-state index contributed by atoms with van der Waals surface area (Å²) in [5.41, 5.74) is -0.265. The molecule has 1 aliphatic carbocycles. The van der Waals surface area contributed by atoms with E-state index in [2.05, 4.69) is 20.8 Å². The van der Waals surface area contributed by atoms with Crippen molar-refractivity contribution in [1.82, 2.24) is 0 Å². The SMILES string of the molecule is CC.CC.CCC1CC(C(O)CC(=O)OC2(CC)CCCC2)C(CC)O1. The first-order valence-corrected chi connectivity index (χ1v) is 11.1. The van der Waals surface area contributed by atoms with Crippen LogP contribution in [0, 0.1) is 5.92 Å². The molecule has 0 radical (unpaired) electrons. The number of ether oxygens (including phenoxy) is 2. The van der Waals surface area contributed by atoms with Crippen LogP contribution in [0.1, 0.15) is 106 Å². The zero-order valence-electron chi connectivity index (χ0n) is 18.3. The third-order valence-electron chi connectivity index (χ3n) is 5.60. The van der Waals surface area contributed by atoms with Crippen molar-refractivity contribution >= 4 is 5.97 Å². The van der Waals surface area contributed by atoms with Gasteiger partial charge in [0.15, 0.2) is 0 Å². The molecule has 1 saturated heterocycles. The number of hydrogen-bond donors (Lipinski definition) is 1. The van der Waals surface area contributed by atoms with Gasteiger partial charge in [0, 0.05) is 5.92 Å². The largest absolute Gasteiger partial charge is 0.459 e. The highest BCUT2D eigenvalue weighted by Gasteiger charge is 2.40. The van der Waals surface area contributed by atoms with Crippen LogP contribution in [0.4, 0.5) is 0 Å². The van der Waals surface area contributed by atoms with E-state index in [-0.39, 0.29) is 36.1 Å². The molecule has 156 valence electrons. The molecule has 2 fully saturated rings. The molecule has 4 nitrogen and oxygen atoms in total. The van der Waals surface area contributed by atoms with Gasteiger partial charge in [-0.05, 0) is 51.4 Å². The highest BCUT2D eigenvalue weighted by atomic mass is 16.6. The fraction of sp³-hybridized carbons (Fsp3) is 0.955. The standard InChI is InChI=1S/C18H32O4.2C2H6/c1-4-13-11-14(16(5-2)21-13)15(19)12-17(20)22-18(6-3)9-7-8-10-18;2*1-2/h13-16,19H,4-12H2,1-3H3;2*1-2H3. The molecule has 0 aromatic carbocycles. The van der Waals surface area contributed by atoms with E-state index in [1.165, 1.54) is 0 Å². The molecule has 0 bridgehead atoms. The van der Waals surface area contributed by atoms with Gasteiger partial charge in [-0.2, -0.15) is 0 Å². The van der Waals surface area contributed by atoms with Crippen molar-refractivity contribution in [2.75, 3.05) is 0 Å². The van der Waals surface area contributed by atoms with Gasteiger partial charge in [-0.1, -0.05) is 48.5 Å². The van der Waals surface area contributed by atoms with E-state index in [0.29, 0.717) is 0 Å². The van der Waals surface area contributed by atoms with Gasteiger partial charge in [-0.25, -0.2) is 0 Å². The van der Waals surface area contributed by atoms with E-state index in [1.54, 1.807) is 0 Å². The average Bonchev–Trinajstić information content (AvgIpc) is 3.32. The number of esters is 1. The molecule has 0 aromatic heterocycles. The van der Waals surface area contributed by atoms with Crippen molar-refractivity contribution < 1.29 is 19.4 Å². The zero-order valence-corrected chi connectivity index (χ0v) is 18.3. The molecule has 1 aliphatic heterocycles. The fourth-order valence-electron chi connectivity index (χ4n) is 4.08. The lowest BCUT2D eigenvalue weighted by atomic mass is 9.89. The van der Waals surface area contributed by atoms with E-state index >= 15 is 0 Å². The Balaban J connectivity index is 0.00000146. The lowest BCUT2D eigenvalue weighted by molar-refractivity contribution is -0.163. The van der Waals surface area contributed by atoms with Gasteiger partial charge in [-0.3, -0.25) is 4.79 Å². The monoisotopic (exact) mass is 372 g/mol. The molecule has 26 heavy (non-hydrogen) atoms. The van der Waals surface area contributed by atoms with Gasteiger partial charge < -0.3 is 14.6 Å². The minimum absolute atomic E-state index is 0.0589. The van der Waals surface area contributed by atoms with Crippen molar-refractivity contribution in [3.63, 3.8) is 0 Å². The van der Waals surface area contributed by atoms with Gasteiger partial charge in [-0.15, -0.1) is 0 Å². The molecule has 0 amide bonds. The molecule has 1 saturated carbocycles. The number of hydrogen-bond acceptors (Lipinski definition) is 4. The first-order valence-electron chi connectivity index (χ1n) is 11.1. The minimum Gasteiger partial charge on any atom is -0.459 e. The van der Waals surface area contributed by atoms with Crippen molar-refractivity contribution in [3.05, 3.63) is 0 Å². The van der Waals surface area contributed by atoms with E-state index in [1.807, 2.05) is 27.7 Å². The summed E-state index contributed by atoms with van der Waals surface area (Å²) in [6.07, 6.45) is 7.51. The van der Waals surface area contributed by atoms with E-state index in [4.69, 9.17) is 9.47 Å². The molecular weight excluding hydrogens is 328 g/mol. The van der Waals surface area contributed by atoms with Crippen LogP contribution >= 0.6 is 0 Å². The van der Waals surface area contributed by atoms with Gasteiger partial charge in [0.1, 0.15) is 5.60 Å². The number of aliphatic hydroxyl groups is 1. The third kappa shape index (κ3) is 7.19. The van der Waals surface area contributed by atoms with E-state index in [9.17, 15) is 9.90 Å². The molecule has 4 atom stereocenters. The summed E-state index contributed by atoms with van der Waals surface area (Å²) in [6.45, 7) is 14.3. The maximum absolute atomic E-state index is 12.3. The Kier molecular flexibility index (Phi) is 13.2. The van der Waals surface area contributed by atoms with Crippen LogP contribution in [-0.4, -0.2) is 35.0 Å². The summed E-state index contributed by atoms with van der Waals surface area (Å²) >= 11 is 0. The molecule has 2 aliphatic rings. The summed E-state index contributed by atoms with van der Waals surface area (Å²) in [6, 6.07) is 0. The normalized spacial score (nSPS) is 27.6. The quantitative estimate of drug-likeness (QED) is 0.587. The Morgan fingerprint density at radius 3 is 2.15 bits per heavy atom. The van der Waals surface area contributed by atoms with Crippen LogP contribution in [0.2, 0.25) is 0 Å². The smallest absolute Gasteiger partial charge is 0.308 e. The highest BCUT2D eigenvalue weighted by molar-refractivity contribution is 5.70. The summed E-state index contributed by atoms with van der Waals surface area (Å²) in [7, 11) is 0. The lowest BCUT2D eigenvalue weighted by Crippen LogP contribution is -2.35. The molecule has 1 N–H and O–H groups in total. The second kappa shape index (κ2) is 13.5. The van der Waals surface area contributed by atoms with Crippen LogP contribution in [0.15, 0.2) is 0 Å². The molecule has 0 aromatic rings. The first kappa shape index (κ1) is 25.4. The Morgan fingerprint density at radius 1 is 1.12 bits per heavy atom. The average molecular weight is 373 g/mol. The van der Waals surface area contributed by atoms with Gasteiger partial charge in [0.2, 0.25) is 0 Å². The maximum atomic E-state index is 12.3. The summed E-state index contributed by atoms with van der Waals surface area (Å²) < 4.78 is 11.7. The Hall–Kier alpha value is -0.610. The second-order valence-electron chi connectivity index (χ2n) is 7.00. The topological polar surface area (TPSA) is 55.8 Å². The zero-order chi connectivity index (χ0) is 20.2. The summed E-state index contributed by atoms with van der Waals surface area (Å²) in [5.74, 6) is -0.185. The van der Waals surface area contributed by atoms with Crippen molar-refractivity contribution in [2.45, 2.75) is 130 Å². The van der Waals surface area contributed by atoms with Crippen LogP contribution < -0.4 is 0 Å². The van der Waals surface area contributed by atoms with Gasteiger partial charge >= 0.3 is 5.97 Å². The van der Waals surface area contributed by atoms with Gasteiger partial charge in [0.25, 0.3) is 0 Å². The number of aliphatic hydroxyl groups excluding tert-OH is 1. The molecular formula is C22H44O4. The Labute approximate surface area is 162 Å². The third-order valence-corrected chi connectivity index (χ3v) is 5.60. The maximum Gasteiger partial charge on any atom is 0.308 e. The number of carbonyl (C=O) groups is 1.